The summed E-state index contributed by atoms with van der Waals surface area (Å²) in [6.45, 7) is 9.46. The van der Waals surface area contributed by atoms with Gasteiger partial charge in [0.05, 0.1) is 18.3 Å². The average Bonchev–Trinajstić information content (AvgIpc) is 2.74. The highest BCUT2D eigenvalue weighted by Gasteiger charge is 2.31. The van der Waals surface area contributed by atoms with Crippen LogP contribution in [0.4, 0.5) is 0 Å². The van der Waals surface area contributed by atoms with E-state index in [9.17, 15) is 0 Å². The zero-order chi connectivity index (χ0) is 14.6. The molecule has 1 N–H and O–H groups in total. The molecule has 2 heterocycles. The van der Waals surface area contributed by atoms with Crippen LogP contribution in [0.3, 0.4) is 0 Å². The van der Waals surface area contributed by atoms with Crippen molar-refractivity contribution in [1.82, 2.24) is 4.90 Å². The number of rotatable bonds is 3. The van der Waals surface area contributed by atoms with Crippen LogP contribution in [-0.4, -0.2) is 41.4 Å². The topological polar surface area (TPSA) is 32.7 Å². The predicted molar refractivity (Wildman–Crippen MR) is 82.8 cm³/mol. The first-order chi connectivity index (χ1) is 9.48. The lowest BCUT2D eigenvalue weighted by Crippen LogP contribution is -2.51. The molecule has 110 valence electrons. The van der Waals surface area contributed by atoms with Crippen LogP contribution in [0.25, 0.3) is 0 Å². The first kappa shape index (κ1) is 15.5. The number of ether oxygens (including phenoxy) is 1. The van der Waals surface area contributed by atoms with E-state index in [1.54, 1.807) is 11.3 Å². The van der Waals surface area contributed by atoms with Crippen molar-refractivity contribution in [2.45, 2.75) is 45.4 Å². The van der Waals surface area contributed by atoms with Crippen LogP contribution in [0, 0.1) is 11.8 Å². The molecule has 0 bridgehead atoms. The van der Waals surface area contributed by atoms with Crippen LogP contribution in [0.2, 0.25) is 0 Å². The number of aliphatic hydroxyl groups is 1. The molecule has 20 heavy (non-hydrogen) atoms. The summed E-state index contributed by atoms with van der Waals surface area (Å²) in [5.41, 5.74) is 0.984. The first-order valence-electron chi connectivity index (χ1n) is 7.06. The lowest BCUT2D eigenvalue weighted by atomic mass is 10.1. The van der Waals surface area contributed by atoms with Gasteiger partial charge in [-0.05, 0) is 26.8 Å². The first-order valence-corrected chi connectivity index (χ1v) is 7.94. The Morgan fingerprint density at radius 1 is 1.55 bits per heavy atom. The highest BCUT2D eigenvalue weighted by atomic mass is 32.1. The summed E-state index contributed by atoms with van der Waals surface area (Å²) in [6.07, 6.45) is 0.822. The molecule has 0 aliphatic carbocycles. The monoisotopic (exact) mass is 293 g/mol. The normalized spacial score (nSPS) is 22.3. The zero-order valence-corrected chi connectivity index (χ0v) is 13.3. The SMILES string of the molecule is CC1CN(Cc2cc(C#CCCO)cs2)CC(C)(C)O1. The standard InChI is InChI=1S/C16H23NO2S/c1-13-9-17(12-16(2,3)19-13)10-15-8-14(11-20-15)6-4-5-7-18/h8,11,13,18H,5,7,9-10,12H2,1-3H3. The smallest absolute Gasteiger partial charge is 0.0757 e. The van der Waals surface area contributed by atoms with Crippen molar-refractivity contribution in [3.8, 4) is 11.8 Å². The van der Waals surface area contributed by atoms with Gasteiger partial charge in [-0.25, -0.2) is 0 Å². The van der Waals surface area contributed by atoms with Gasteiger partial charge in [0.25, 0.3) is 0 Å². The van der Waals surface area contributed by atoms with E-state index in [0.717, 1.165) is 25.2 Å². The molecule has 1 aliphatic rings. The molecule has 0 saturated carbocycles. The Morgan fingerprint density at radius 3 is 3.05 bits per heavy atom. The third kappa shape index (κ3) is 4.60. The van der Waals surface area contributed by atoms with Crippen LogP contribution in [0.1, 0.15) is 37.6 Å². The molecule has 0 radical (unpaired) electrons. The molecule has 0 aromatic carbocycles. The van der Waals surface area contributed by atoms with Crippen LogP contribution < -0.4 is 0 Å². The highest BCUT2D eigenvalue weighted by Crippen LogP contribution is 2.24. The number of morpholine rings is 1. The molecule has 3 nitrogen and oxygen atoms in total. The van der Waals surface area contributed by atoms with Gasteiger partial charge in [-0.3, -0.25) is 4.90 Å². The summed E-state index contributed by atoms with van der Waals surface area (Å²) in [6, 6.07) is 2.15. The van der Waals surface area contributed by atoms with Crippen molar-refractivity contribution in [2.75, 3.05) is 19.7 Å². The van der Waals surface area contributed by atoms with Gasteiger partial charge < -0.3 is 9.84 Å². The minimum absolute atomic E-state index is 0.0707. The van der Waals surface area contributed by atoms with Gasteiger partial charge >= 0.3 is 0 Å². The number of hydrogen-bond acceptors (Lipinski definition) is 4. The van der Waals surface area contributed by atoms with Gasteiger partial charge in [0, 0.05) is 41.9 Å². The summed E-state index contributed by atoms with van der Waals surface area (Å²) in [5, 5.41) is 10.8. The maximum Gasteiger partial charge on any atom is 0.0757 e. The minimum Gasteiger partial charge on any atom is -0.395 e. The van der Waals surface area contributed by atoms with Crippen LogP contribution in [-0.2, 0) is 11.3 Å². The van der Waals surface area contributed by atoms with Crippen LogP contribution in [0.15, 0.2) is 11.4 Å². The van der Waals surface area contributed by atoms with Gasteiger partial charge in [-0.2, -0.15) is 0 Å². The van der Waals surface area contributed by atoms with Gasteiger partial charge in [0.1, 0.15) is 0 Å². The molecule has 4 heteroatoms. The molecule has 0 spiro atoms. The Labute approximate surface area is 125 Å². The quantitative estimate of drug-likeness (QED) is 0.869. The molecular weight excluding hydrogens is 270 g/mol. The summed E-state index contributed by atoms with van der Waals surface area (Å²) in [7, 11) is 0. The van der Waals surface area contributed by atoms with Crippen LogP contribution >= 0.6 is 11.3 Å². The largest absolute Gasteiger partial charge is 0.395 e. The van der Waals surface area contributed by atoms with Crippen molar-refractivity contribution in [3.63, 3.8) is 0 Å². The fourth-order valence-corrected chi connectivity index (χ4v) is 3.53. The Bertz CT molecular complexity index is 498. The second-order valence-corrected chi connectivity index (χ2v) is 6.93. The number of hydrogen-bond donors (Lipinski definition) is 1. The lowest BCUT2D eigenvalue weighted by Gasteiger charge is -2.41. The second-order valence-electron chi connectivity index (χ2n) is 5.93. The molecule has 1 saturated heterocycles. The number of nitrogens with zero attached hydrogens (tertiary/aromatic N) is 1. The summed E-state index contributed by atoms with van der Waals surface area (Å²) < 4.78 is 5.93. The fourth-order valence-electron chi connectivity index (χ4n) is 2.68. The van der Waals surface area contributed by atoms with Crippen molar-refractivity contribution in [2.24, 2.45) is 0 Å². The highest BCUT2D eigenvalue weighted by molar-refractivity contribution is 7.10. The van der Waals surface area contributed by atoms with E-state index < -0.39 is 0 Å². The fraction of sp³-hybridized carbons (Fsp3) is 0.625. The molecule has 1 fully saturated rings. The van der Waals surface area contributed by atoms with Crippen LogP contribution in [0.5, 0.6) is 0 Å². The average molecular weight is 293 g/mol. The molecular formula is C16H23NO2S. The van der Waals surface area contributed by atoms with Gasteiger partial charge in [-0.1, -0.05) is 11.8 Å². The molecule has 1 aromatic heterocycles. The third-order valence-corrected chi connectivity index (χ3v) is 4.06. The lowest BCUT2D eigenvalue weighted by molar-refractivity contribution is -0.130. The molecule has 1 unspecified atom stereocenters. The van der Waals surface area contributed by atoms with E-state index in [-0.39, 0.29) is 18.3 Å². The van der Waals surface area contributed by atoms with Crippen molar-refractivity contribution in [1.29, 1.82) is 0 Å². The summed E-state index contributed by atoms with van der Waals surface area (Å²) in [4.78, 5) is 3.79. The van der Waals surface area contributed by atoms with Gasteiger partial charge in [-0.15, -0.1) is 11.3 Å². The molecule has 1 aliphatic heterocycles. The molecule has 1 aromatic rings. The Morgan fingerprint density at radius 2 is 2.35 bits per heavy atom. The molecule has 1 atom stereocenters. The zero-order valence-electron chi connectivity index (χ0n) is 12.5. The van der Waals surface area contributed by atoms with Crippen molar-refractivity contribution >= 4 is 11.3 Å². The molecule has 0 amide bonds. The summed E-state index contributed by atoms with van der Waals surface area (Å²) in [5.74, 6) is 6.05. The summed E-state index contributed by atoms with van der Waals surface area (Å²) >= 11 is 1.76. The predicted octanol–water partition coefficient (Wildman–Crippen LogP) is 2.48. The maximum absolute atomic E-state index is 8.72. The van der Waals surface area contributed by atoms with Crippen molar-refractivity contribution in [3.05, 3.63) is 21.9 Å². The Balaban J connectivity index is 1.95. The van der Waals surface area contributed by atoms with E-state index in [2.05, 4.69) is 49.0 Å². The van der Waals surface area contributed by atoms with Gasteiger partial charge in [0.2, 0.25) is 0 Å². The van der Waals surface area contributed by atoms with Gasteiger partial charge in [0.15, 0.2) is 0 Å². The third-order valence-electron chi connectivity index (χ3n) is 3.14. The van der Waals surface area contributed by atoms with E-state index in [1.165, 1.54) is 4.88 Å². The van der Waals surface area contributed by atoms with Crippen molar-refractivity contribution < 1.29 is 9.84 Å². The Kier molecular flexibility index (Phi) is 5.22. The number of thiophene rings is 1. The second kappa shape index (κ2) is 6.73. The number of aliphatic hydroxyl groups excluding tert-OH is 1. The Hall–Kier alpha value is -0.860. The van der Waals surface area contributed by atoms with E-state index in [1.807, 2.05) is 0 Å². The van der Waals surface area contributed by atoms with E-state index in [4.69, 9.17) is 9.84 Å². The van der Waals surface area contributed by atoms with E-state index in [0.29, 0.717) is 6.42 Å². The molecule has 2 rings (SSSR count). The maximum atomic E-state index is 8.72. The minimum atomic E-state index is -0.0707. The van der Waals surface area contributed by atoms with E-state index >= 15 is 0 Å².